The Kier molecular flexibility index (Phi) is 4.85. The second-order valence-electron chi connectivity index (χ2n) is 6.15. The van der Waals surface area contributed by atoms with Crippen molar-refractivity contribution in [1.29, 1.82) is 0 Å². The molecule has 24 heavy (non-hydrogen) atoms. The molecule has 0 N–H and O–H groups in total. The number of benzene rings is 1. The minimum absolute atomic E-state index is 0.0931. The van der Waals surface area contributed by atoms with Gasteiger partial charge >= 0.3 is 0 Å². The lowest BCUT2D eigenvalue weighted by Gasteiger charge is -2.41. The molecule has 0 saturated carbocycles. The monoisotopic (exact) mass is 328 g/mol. The smallest absolute Gasteiger partial charge is 0.219 e. The van der Waals surface area contributed by atoms with Crippen LogP contribution in [0.3, 0.4) is 0 Å². The highest BCUT2D eigenvalue weighted by molar-refractivity contribution is 5.73. The van der Waals surface area contributed by atoms with Crippen LogP contribution in [0.4, 0.5) is 0 Å². The number of carbonyl (C=O) groups is 1. The summed E-state index contributed by atoms with van der Waals surface area (Å²) in [4.78, 5) is 20.6. The number of hydrogen-bond donors (Lipinski definition) is 0. The van der Waals surface area contributed by atoms with Crippen LogP contribution in [0, 0.1) is 0 Å². The van der Waals surface area contributed by atoms with E-state index < -0.39 is 0 Å². The molecule has 1 saturated heterocycles. The van der Waals surface area contributed by atoms with E-state index in [0.717, 1.165) is 36.8 Å². The number of nitrogens with zero attached hydrogens (tertiary/aromatic N) is 4. The van der Waals surface area contributed by atoms with E-state index in [-0.39, 0.29) is 11.9 Å². The molecule has 128 valence electrons. The molecule has 0 bridgehead atoms. The van der Waals surface area contributed by atoms with Crippen LogP contribution in [0.15, 0.2) is 36.7 Å². The van der Waals surface area contributed by atoms with Gasteiger partial charge in [0.05, 0.1) is 19.7 Å². The number of aromatic nitrogens is 2. The summed E-state index contributed by atoms with van der Waals surface area (Å²) in [7, 11) is 3.69. The number of piperazine rings is 1. The summed E-state index contributed by atoms with van der Waals surface area (Å²) in [6.45, 7) is 4.60. The molecule has 1 unspecified atom stereocenters. The molecule has 3 rings (SSSR count). The fraction of sp³-hybridized carbons (Fsp3) is 0.444. The average molecular weight is 328 g/mol. The van der Waals surface area contributed by atoms with Gasteiger partial charge < -0.3 is 14.2 Å². The lowest BCUT2D eigenvalue weighted by molar-refractivity contribution is -0.132. The number of para-hydroxylation sites is 1. The number of rotatable bonds is 4. The summed E-state index contributed by atoms with van der Waals surface area (Å²) in [5, 5.41) is 0. The molecule has 2 aromatic rings. The van der Waals surface area contributed by atoms with Gasteiger partial charge in [0, 0.05) is 51.6 Å². The first-order chi connectivity index (χ1) is 11.6. The van der Waals surface area contributed by atoms with Crippen LogP contribution in [0.2, 0.25) is 0 Å². The summed E-state index contributed by atoms with van der Waals surface area (Å²) in [5.74, 6) is 2.00. The van der Waals surface area contributed by atoms with Crippen molar-refractivity contribution in [2.75, 3.05) is 26.7 Å². The van der Waals surface area contributed by atoms with Crippen molar-refractivity contribution in [3.63, 3.8) is 0 Å². The third kappa shape index (κ3) is 3.28. The fourth-order valence-electron chi connectivity index (χ4n) is 3.26. The number of hydrogen-bond acceptors (Lipinski definition) is 4. The Labute approximate surface area is 142 Å². The number of amides is 1. The standard InChI is InChI=1S/C18H24N4O2/c1-14(23)21-10-11-22(13-18-19-8-9-20(18)2)16(12-21)15-6-4-5-7-17(15)24-3/h4-9,16H,10-13H2,1-3H3. The molecule has 6 heteroatoms. The van der Waals surface area contributed by atoms with Gasteiger partial charge in [-0.25, -0.2) is 4.98 Å². The lowest BCUT2D eigenvalue weighted by Crippen LogP contribution is -2.49. The number of imidazole rings is 1. The first-order valence-corrected chi connectivity index (χ1v) is 8.19. The van der Waals surface area contributed by atoms with Crippen molar-refractivity contribution in [3.8, 4) is 5.75 Å². The van der Waals surface area contributed by atoms with Crippen LogP contribution in [-0.2, 0) is 18.4 Å². The number of methoxy groups -OCH3 is 1. The molecule has 0 aliphatic carbocycles. The Hall–Kier alpha value is -2.34. The predicted molar refractivity (Wildman–Crippen MR) is 91.6 cm³/mol. The second kappa shape index (κ2) is 7.05. The van der Waals surface area contributed by atoms with Gasteiger partial charge in [0.15, 0.2) is 0 Å². The Balaban J connectivity index is 1.91. The zero-order chi connectivity index (χ0) is 17.1. The van der Waals surface area contributed by atoms with E-state index in [1.54, 1.807) is 14.0 Å². The minimum atomic E-state index is 0.0931. The number of ether oxygens (including phenoxy) is 1. The fourth-order valence-corrected chi connectivity index (χ4v) is 3.26. The number of carbonyl (C=O) groups excluding carboxylic acids is 1. The molecule has 6 nitrogen and oxygen atoms in total. The Morgan fingerprint density at radius 2 is 2.12 bits per heavy atom. The summed E-state index contributed by atoms with van der Waals surface area (Å²) in [5.41, 5.74) is 1.11. The van der Waals surface area contributed by atoms with Crippen molar-refractivity contribution in [3.05, 3.63) is 48.0 Å². The molecule has 1 aromatic carbocycles. The van der Waals surface area contributed by atoms with E-state index in [1.165, 1.54) is 0 Å². The van der Waals surface area contributed by atoms with Crippen LogP contribution < -0.4 is 4.74 Å². The molecule has 2 heterocycles. The zero-order valence-corrected chi connectivity index (χ0v) is 14.5. The van der Waals surface area contributed by atoms with Gasteiger partial charge in [-0.1, -0.05) is 18.2 Å². The third-order valence-electron chi connectivity index (χ3n) is 4.70. The Morgan fingerprint density at radius 3 is 2.79 bits per heavy atom. The van der Waals surface area contributed by atoms with Gasteiger partial charge in [-0.2, -0.15) is 0 Å². The predicted octanol–water partition coefficient (Wildman–Crippen LogP) is 1.83. The van der Waals surface area contributed by atoms with Crippen molar-refractivity contribution >= 4 is 5.91 Å². The average Bonchev–Trinajstić information content (AvgIpc) is 3.00. The quantitative estimate of drug-likeness (QED) is 0.859. The van der Waals surface area contributed by atoms with Gasteiger partial charge in [0.2, 0.25) is 5.91 Å². The normalized spacial score (nSPS) is 18.6. The van der Waals surface area contributed by atoms with Gasteiger partial charge in [0.1, 0.15) is 11.6 Å². The van der Waals surface area contributed by atoms with E-state index in [4.69, 9.17) is 4.74 Å². The molecular formula is C18H24N4O2. The van der Waals surface area contributed by atoms with E-state index in [0.29, 0.717) is 6.54 Å². The van der Waals surface area contributed by atoms with Crippen LogP contribution >= 0.6 is 0 Å². The van der Waals surface area contributed by atoms with E-state index in [9.17, 15) is 4.79 Å². The molecule has 1 aliphatic rings. The zero-order valence-electron chi connectivity index (χ0n) is 14.5. The van der Waals surface area contributed by atoms with Crippen LogP contribution in [0.25, 0.3) is 0 Å². The van der Waals surface area contributed by atoms with Gasteiger partial charge in [-0.3, -0.25) is 9.69 Å². The van der Waals surface area contributed by atoms with E-state index in [2.05, 4.69) is 16.0 Å². The van der Waals surface area contributed by atoms with Crippen molar-refractivity contribution < 1.29 is 9.53 Å². The van der Waals surface area contributed by atoms with Crippen molar-refractivity contribution in [2.45, 2.75) is 19.5 Å². The largest absolute Gasteiger partial charge is 0.496 e. The molecule has 1 fully saturated rings. The molecule has 1 aliphatic heterocycles. The van der Waals surface area contributed by atoms with Crippen LogP contribution in [0.5, 0.6) is 5.75 Å². The molecule has 1 amide bonds. The van der Waals surface area contributed by atoms with Gasteiger partial charge in [-0.05, 0) is 6.07 Å². The first kappa shape index (κ1) is 16.5. The molecular weight excluding hydrogens is 304 g/mol. The number of aryl methyl sites for hydroxylation is 1. The maximum Gasteiger partial charge on any atom is 0.219 e. The van der Waals surface area contributed by atoms with Crippen LogP contribution in [-0.4, -0.2) is 52.0 Å². The highest BCUT2D eigenvalue weighted by atomic mass is 16.5. The highest BCUT2D eigenvalue weighted by Gasteiger charge is 2.31. The first-order valence-electron chi connectivity index (χ1n) is 8.19. The van der Waals surface area contributed by atoms with Crippen molar-refractivity contribution in [2.24, 2.45) is 7.05 Å². The topological polar surface area (TPSA) is 50.6 Å². The van der Waals surface area contributed by atoms with Crippen molar-refractivity contribution in [1.82, 2.24) is 19.4 Å². The molecule has 1 aromatic heterocycles. The molecule has 0 spiro atoms. The highest BCUT2D eigenvalue weighted by Crippen LogP contribution is 2.32. The van der Waals surface area contributed by atoms with Gasteiger partial charge in [0.25, 0.3) is 0 Å². The van der Waals surface area contributed by atoms with Crippen LogP contribution in [0.1, 0.15) is 24.4 Å². The Morgan fingerprint density at radius 1 is 1.33 bits per heavy atom. The maximum absolute atomic E-state index is 11.9. The Bertz CT molecular complexity index is 713. The SMILES string of the molecule is COc1ccccc1C1CN(C(C)=O)CCN1Cc1nccn1C. The maximum atomic E-state index is 11.9. The molecule has 0 radical (unpaired) electrons. The summed E-state index contributed by atoms with van der Waals surface area (Å²) < 4.78 is 7.59. The minimum Gasteiger partial charge on any atom is -0.496 e. The van der Waals surface area contributed by atoms with E-state index in [1.807, 2.05) is 47.1 Å². The van der Waals surface area contributed by atoms with Gasteiger partial charge in [-0.15, -0.1) is 0 Å². The summed E-state index contributed by atoms with van der Waals surface area (Å²) in [6.07, 6.45) is 3.78. The lowest BCUT2D eigenvalue weighted by atomic mass is 10.0. The third-order valence-corrected chi connectivity index (χ3v) is 4.70. The summed E-state index contributed by atoms with van der Waals surface area (Å²) in [6, 6.07) is 8.13. The summed E-state index contributed by atoms with van der Waals surface area (Å²) >= 11 is 0. The molecule has 1 atom stereocenters. The van der Waals surface area contributed by atoms with E-state index >= 15 is 0 Å². The second-order valence-corrected chi connectivity index (χ2v) is 6.15.